The second-order valence-corrected chi connectivity index (χ2v) is 30.8. The van der Waals surface area contributed by atoms with Gasteiger partial charge in [-0.3, -0.25) is 9.59 Å². The van der Waals surface area contributed by atoms with Crippen molar-refractivity contribution in [1.82, 2.24) is 0 Å². The van der Waals surface area contributed by atoms with Crippen molar-refractivity contribution in [3.05, 3.63) is 108 Å². The molecule has 4 aliphatic heterocycles. The minimum absolute atomic E-state index is 0.0854. The van der Waals surface area contributed by atoms with Crippen LogP contribution in [0.3, 0.4) is 0 Å². The number of ether oxygens (including phenoxy) is 10. The third kappa shape index (κ3) is 22.8. The zero-order chi connectivity index (χ0) is 60.1. The van der Waals surface area contributed by atoms with Gasteiger partial charge in [0.2, 0.25) is 6.29 Å². The van der Waals surface area contributed by atoms with Gasteiger partial charge in [-0.05, 0) is 36.5 Å². The highest BCUT2D eigenvalue weighted by Crippen LogP contribution is 2.45. The maximum absolute atomic E-state index is 14.5. The van der Waals surface area contributed by atoms with Crippen molar-refractivity contribution in [2.75, 3.05) is 13.2 Å². The second kappa shape index (κ2) is 37.5. The first kappa shape index (κ1) is 68.9. The summed E-state index contributed by atoms with van der Waals surface area (Å²) in [7, 11) is -2.67. The van der Waals surface area contributed by atoms with Crippen molar-refractivity contribution < 1.29 is 61.4 Å². The molecule has 3 aromatic carbocycles. The Balaban J connectivity index is 1.12. The highest BCUT2D eigenvalue weighted by molar-refractivity contribution is 6.74. The number of carbonyl (C=O) groups is 2. The fourth-order valence-electron chi connectivity index (χ4n) is 11.9. The Morgan fingerprint density at radius 2 is 0.824 bits per heavy atom. The Bertz CT molecular complexity index is 2270. The van der Waals surface area contributed by atoms with Crippen LogP contribution in [-0.4, -0.2) is 94.9 Å². The molecule has 0 saturated carbocycles. The zero-order valence-corrected chi connectivity index (χ0v) is 54.3. The molecule has 13 nitrogen and oxygen atoms in total. The fourth-order valence-corrected chi connectivity index (χ4v) is 13.1. The van der Waals surface area contributed by atoms with E-state index in [-0.39, 0.29) is 37.7 Å². The molecule has 7 rings (SSSR count). The SMILES string of the molecule is CCCCCCCCCCCCCCCC(=O)O[C@@H]1[C@@H](OC(=O)CCCCCCCCCCCCCCC)[C@@H](O[C@H]2O[C@@H]3CO[C@@H](c4ccccc4)O[C@H]3[C@H](OCc3ccccc3)[C@H]2O[Si](C)(C)C(C)(C)C)O[C@@H]2CO[C@@H](c3ccccc3)O[C@@H]12. The van der Waals surface area contributed by atoms with Crippen LogP contribution >= 0.6 is 0 Å². The number of esters is 2. The molecule has 0 radical (unpaired) electrons. The smallest absolute Gasteiger partial charge is 0.306 e. The highest BCUT2D eigenvalue weighted by atomic mass is 28.4. The van der Waals surface area contributed by atoms with Crippen LogP contribution in [0.4, 0.5) is 0 Å². The Kier molecular flexibility index (Phi) is 30.4. The van der Waals surface area contributed by atoms with E-state index >= 15 is 0 Å². The third-order valence-electron chi connectivity index (χ3n) is 18.0. The highest BCUT2D eigenvalue weighted by Gasteiger charge is 2.59. The fraction of sp³-hybridized carbons (Fsp3) is 0.718. The van der Waals surface area contributed by atoms with Crippen LogP contribution in [0.2, 0.25) is 18.1 Å². The molecule has 85 heavy (non-hydrogen) atoms. The molecule has 0 amide bonds. The third-order valence-corrected chi connectivity index (χ3v) is 22.5. The number of rotatable bonds is 39. The number of hydrogen-bond donors (Lipinski definition) is 0. The number of benzene rings is 3. The van der Waals surface area contributed by atoms with E-state index in [4.69, 9.17) is 51.8 Å². The average Bonchev–Trinajstić information content (AvgIpc) is 3.38. The minimum Gasteiger partial charge on any atom is -0.455 e. The first-order valence-electron chi connectivity index (χ1n) is 33.7. The van der Waals surface area contributed by atoms with Gasteiger partial charge in [-0.2, -0.15) is 0 Å². The van der Waals surface area contributed by atoms with E-state index in [1.165, 1.54) is 116 Å². The topological polar surface area (TPSA) is 136 Å². The molecule has 3 aromatic rings. The van der Waals surface area contributed by atoms with Gasteiger partial charge in [-0.25, -0.2) is 0 Å². The summed E-state index contributed by atoms with van der Waals surface area (Å²) in [6.07, 6.45) is 20.4. The predicted octanol–water partition coefficient (Wildman–Crippen LogP) is 17.4. The van der Waals surface area contributed by atoms with E-state index in [1.54, 1.807) is 0 Å². The standard InChI is InChI=1S/C71H110O13Si/c1-8-10-12-14-16-18-20-22-24-26-28-30-41-49-59(72)79-64-62-58(53-76-68(82-62)56-47-39-34-40-48-56)77-69(65(64)80-60(73)50-42-31-29-27-25-23-21-19-17-15-13-11-9-2)83-70-66(84-85(6,7)71(3,4)5)63(74-51-54-43-35-32-36-44-54)61-57(78-70)52-75-67(81-61)55-45-37-33-38-46-55/h32-40,43-48,57-58,61-70H,8-31,41-42,49-53H2,1-7H3/t57-,58-,61-,62-,63+,64+,65-,66-,67-,68-,69-,70-/m1/s1. The quantitative estimate of drug-likeness (QED) is 0.0305. The molecule has 12 atom stereocenters. The Morgan fingerprint density at radius 1 is 0.459 bits per heavy atom. The van der Waals surface area contributed by atoms with E-state index in [9.17, 15) is 9.59 Å². The van der Waals surface area contributed by atoms with Gasteiger partial charge in [0.1, 0.15) is 36.6 Å². The van der Waals surface area contributed by atoms with Crippen LogP contribution in [-0.2, 0) is 68.0 Å². The molecule has 0 spiro atoms. The molecule has 0 aromatic heterocycles. The number of carbonyl (C=O) groups excluding carboxylic acids is 2. The summed E-state index contributed by atoms with van der Waals surface area (Å²) in [6, 6.07) is 29.6. The van der Waals surface area contributed by atoms with Gasteiger partial charge in [-0.1, -0.05) is 280 Å². The van der Waals surface area contributed by atoms with Gasteiger partial charge >= 0.3 is 11.9 Å². The Hall–Kier alpha value is -3.54. The van der Waals surface area contributed by atoms with Crippen LogP contribution in [0.15, 0.2) is 91.0 Å². The van der Waals surface area contributed by atoms with Gasteiger partial charge in [-0.15, -0.1) is 0 Å². The van der Waals surface area contributed by atoms with Gasteiger partial charge < -0.3 is 51.8 Å². The Morgan fingerprint density at radius 3 is 1.24 bits per heavy atom. The number of hydrogen-bond acceptors (Lipinski definition) is 13. The summed E-state index contributed by atoms with van der Waals surface area (Å²) in [5.41, 5.74) is 2.65. The molecule has 4 saturated heterocycles. The van der Waals surface area contributed by atoms with E-state index in [2.05, 4.69) is 47.7 Å². The molecule has 0 unspecified atom stereocenters. The first-order chi connectivity index (χ1) is 41.3. The molecular weight excluding hydrogens is 1090 g/mol. The van der Waals surface area contributed by atoms with Gasteiger partial charge in [0.15, 0.2) is 39.4 Å². The maximum atomic E-state index is 14.5. The molecule has 0 bridgehead atoms. The molecule has 4 heterocycles. The summed E-state index contributed by atoms with van der Waals surface area (Å²) >= 11 is 0. The van der Waals surface area contributed by atoms with Crippen molar-refractivity contribution in [2.24, 2.45) is 0 Å². The van der Waals surface area contributed by atoms with Crippen LogP contribution in [0, 0.1) is 0 Å². The molecule has 0 N–H and O–H groups in total. The van der Waals surface area contributed by atoms with Crippen molar-refractivity contribution in [3.63, 3.8) is 0 Å². The largest absolute Gasteiger partial charge is 0.455 e. The number of unbranched alkanes of at least 4 members (excludes halogenated alkanes) is 24. The van der Waals surface area contributed by atoms with Crippen molar-refractivity contribution >= 4 is 20.3 Å². The van der Waals surface area contributed by atoms with Gasteiger partial charge in [0.25, 0.3) is 0 Å². The van der Waals surface area contributed by atoms with Crippen LogP contribution in [0.5, 0.6) is 0 Å². The zero-order valence-electron chi connectivity index (χ0n) is 53.3. The lowest BCUT2D eigenvalue weighted by Gasteiger charge is -2.53. The number of fused-ring (bicyclic) bond motifs is 2. The van der Waals surface area contributed by atoms with E-state index < -0.39 is 94.2 Å². The van der Waals surface area contributed by atoms with E-state index in [0.29, 0.717) is 12.8 Å². The molecule has 4 fully saturated rings. The van der Waals surface area contributed by atoms with Crippen molar-refractivity contribution in [1.29, 1.82) is 0 Å². The molecule has 0 aliphatic carbocycles. The summed E-state index contributed by atoms with van der Waals surface area (Å²) < 4.78 is 75.5. The molecule has 14 heteroatoms. The summed E-state index contributed by atoms with van der Waals surface area (Å²) in [5, 5.41) is -0.236. The lowest BCUT2D eigenvalue weighted by atomic mass is 9.96. The van der Waals surface area contributed by atoms with Crippen LogP contribution in [0.1, 0.15) is 244 Å². The molecule has 4 aliphatic rings. The van der Waals surface area contributed by atoms with Crippen molar-refractivity contribution in [2.45, 2.75) is 313 Å². The van der Waals surface area contributed by atoms with Gasteiger partial charge in [0.05, 0.1) is 19.8 Å². The first-order valence-corrected chi connectivity index (χ1v) is 36.6. The molecule has 476 valence electrons. The lowest BCUT2D eigenvalue weighted by Crippen LogP contribution is -2.68. The summed E-state index contributed by atoms with van der Waals surface area (Å²) in [5.74, 6) is -0.831. The minimum atomic E-state index is -2.67. The van der Waals surface area contributed by atoms with Crippen molar-refractivity contribution in [3.8, 4) is 0 Å². The molecular formula is C71H110O13Si. The summed E-state index contributed by atoms with van der Waals surface area (Å²) in [6.45, 7) is 16.0. The maximum Gasteiger partial charge on any atom is 0.306 e. The summed E-state index contributed by atoms with van der Waals surface area (Å²) in [4.78, 5) is 28.8. The van der Waals surface area contributed by atoms with Crippen LogP contribution < -0.4 is 0 Å². The lowest BCUT2D eigenvalue weighted by molar-refractivity contribution is -0.412. The predicted molar refractivity (Wildman–Crippen MR) is 336 cm³/mol. The average molecular weight is 1200 g/mol. The monoisotopic (exact) mass is 1200 g/mol. The normalized spacial score (nSPS) is 26.1. The van der Waals surface area contributed by atoms with E-state index in [1.807, 2.05) is 91.0 Å². The van der Waals surface area contributed by atoms with Gasteiger partial charge in [0, 0.05) is 24.0 Å². The second-order valence-electron chi connectivity index (χ2n) is 26.1. The Labute approximate surface area is 513 Å². The van der Waals surface area contributed by atoms with E-state index in [0.717, 1.165) is 55.2 Å². The van der Waals surface area contributed by atoms with Crippen LogP contribution in [0.25, 0.3) is 0 Å².